The Kier molecular flexibility index (Phi) is 6.28. The maximum Gasteiger partial charge on any atom is 0.410 e. The van der Waals surface area contributed by atoms with Crippen LogP contribution >= 0.6 is 0 Å². The van der Waals surface area contributed by atoms with Crippen molar-refractivity contribution in [1.29, 1.82) is 0 Å². The first-order valence-corrected chi connectivity index (χ1v) is 10.2. The normalized spacial score (nSPS) is 28.1. The summed E-state index contributed by atoms with van der Waals surface area (Å²) in [5, 5.41) is 12.8. The molecule has 0 unspecified atom stereocenters. The third-order valence-corrected chi connectivity index (χ3v) is 5.58. The zero-order valence-electron chi connectivity index (χ0n) is 17.1. The molecule has 0 bridgehead atoms. The van der Waals surface area contributed by atoms with Crippen molar-refractivity contribution in [2.45, 2.75) is 70.1 Å². The summed E-state index contributed by atoms with van der Waals surface area (Å²) in [5.41, 5.74) is 0.496. The van der Waals surface area contributed by atoms with E-state index >= 15 is 0 Å². The second-order valence-electron chi connectivity index (χ2n) is 9.02. The smallest absolute Gasteiger partial charge is 0.410 e. The van der Waals surface area contributed by atoms with Gasteiger partial charge in [0, 0.05) is 25.0 Å². The van der Waals surface area contributed by atoms with Gasteiger partial charge in [-0.2, -0.15) is 0 Å². The van der Waals surface area contributed by atoms with Crippen molar-refractivity contribution < 1.29 is 19.4 Å². The van der Waals surface area contributed by atoms with Gasteiger partial charge in [-0.3, -0.25) is 4.79 Å². The van der Waals surface area contributed by atoms with Crippen LogP contribution in [0.25, 0.3) is 0 Å². The van der Waals surface area contributed by atoms with Crippen LogP contribution < -0.4 is 5.32 Å². The van der Waals surface area contributed by atoms with Crippen molar-refractivity contribution in [3.8, 4) is 0 Å². The molecule has 28 heavy (non-hydrogen) atoms. The highest BCUT2D eigenvalue weighted by molar-refractivity contribution is 5.82. The Morgan fingerprint density at radius 3 is 2.32 bits per heavy atom. The largest absolute Gasteiger partial charge is 0.444 e. The number of aliphatic hydroxyl groups excluding tert-OH is 1. The second kappa shape index (κ2) is 8.52. The Bertz CT molecular complexity index is 678. The number of nitrogens with one attached hydrogen (secondary N) is 1. The van der Waals surface area contributed by atoms with E-state index < -0.39 is 5.60 Å². The van der Waals surface area contributed by atoms with Gasteiger partial charge >= 0.3 is 6.09 Å². The lowest BCUT2D eigenvalue weighted by Crippen LogP contribution is -2.43. The van der Waals surface area contributed by atoms with Crippen molar-refractivity contribution in [2.75, 3.05) is 13.1 Å². The van der Waals surface area contributed by atoms with E-state index in [1.807, 2.05) is 51.1 Å². The zero-order valence-corrected chi connectivity index (χ0v) is 17.1. The maximum atomic E-state index is 13.1. The molecule has 1 aliphatic carbocycles. The maximum absolute atomic E-state index is 13.1. The number of ether oxygens (including phenoxy) is 1. The van der Waals surface area contributed by atoms with Gasteiger partial charge in [0.2, 0.25) is 5.91 Å². The molecule has 1 aliphatic heterocycles. The fourth-order valence-electron chi connectivity index (χ4n) is 4.11. The Morgan fingerprint density at radius 2 is 1.71 bits per heavy atom. The van der Waals surface area contributed by atoms with Gasteiger partial charge in [-0.25, -0.2) is 4.79 Å². The van der Waals surface area contributed by atoms with Gasteiger partial charge in [-0.1, -0.05) is 30.3 Å². The minimum absolute atomic E-state index is 0.0127. The first-order chi connectivity index (χ1) is 13.2. The first-order valence-electron chi connectivity index (χ1n) is 10.2. The van der Waals surface area contributed by atoms with Crippen molar-refractivity contribution >= 4 is 12.0 Å². The van der Waals surface area contributed by atoms with E-state index in [1.165, 1.54) is 0 Å². The Hall–Kier alpha value is -2.08. The predicted molar refractivity (Wildman–Crippen MR) is 107 cm³/mol. The number of hydrogen-bond acceptors (Lipinski definition) is 4. The summed E-state index contributed by atoms with van der Waals surface area (Å²) >= 11 is 0. The van der Waals surface area contributed by atoms with Gasteiger partial charge in [0.25, 0.3) is 0 Å². The Balaban J connectivity index is 1.72. The number of benzene rings is 1. The third kappa shape index (κ3) is 5.25. The minimum Gasteiger partial charge on any atom is -0.444 e. The third-order valence-electron chi connectivity index (χ3n) is 5.58. The van der Waals surface area contributed by atoms with Gasteiger partial charge in [0.05, 0.1) is 12.0 Å². The molecule has 2 amide bonds. The van der Waals surface area contributed by atoms with Crippen LogP contribution in [0.15, 0.2) is 30.3 Å². The lowest BCUT2D eigenvalue weighted by Gasteiger charge is -2.28. The molecule has 154 valence electrons. The van der Waals surface area contributed by atoms with Crippen LogP contribution in [-0.2, 0) is 9.53 Å². The van der Waals surface area contributed by atoms with E-state index in [4.69, 9.17) is 4.74 Å². The predicted octanol–water partition coefficient (Wildman–Crippen LogP) is 3.06. The zero-order chi connectivity index (χ0) is 20.3. The molecule has 0 aromatic heterocycles. The molecule has 6 heteroatoms. The molecule has 0 radical (unpaired) electrons. The Labute approximate surface area is 167 Å². The van der Waals surface area contributed by atoms with Crippen molar-refractivity contribution in [3.63, 3.8) is 0 Å². The van der Waals surface area contributed by atoms with E-state index in [2.05, 4.69) is 5.32 Å². The van der Waals surface area contributed by atoms with Crippen LogP contribution in [0.2, 0.25) is 0 Å². The van der Waals surface area contributed by atoms with Crippen LogP contribution in [0.1, 0.15) is 57.9 Å². The molecular formula is C22H32N2O4. The quantitative estimate of drug-likeness (QED) is 0.834. The number of likely N-dealkylation sites (tertiary alicyclic amines) is 1. The van der Waals surface area contributed by atoms with Crippen molar-refractivity contribution in [3.05, 3.63) is 35.9 Å². The standard InChI is InChI=1S/C22H32N2O4/c1-22(2,3)28-21(27)24-13-18(15-7-5-4-6-8-15)19(14-24)20(26)23-16-9-11-17(25)12-10-16/h4-8,16-19,25H,9-14H2,1-3H3,(H,23,26)/t16?,17?,18-,19+/m1/s1. The molecule has 1 saturated heterocycles. The van der Waals surface area contributed by atoms with Gasteiger partial charge in [0.1, 0.15) is 5.60 Å². The molecule has 1 aromatic rings. The van der Waals surface area contributed by atoms with Crippen LogP contribution in [0.5, 0.6) is 0 Å². The lowest BCUT2D eigenvalue weighted by molar-refractivity contribution is -0.126. The van der Waals surface area contributed by atoms with Gasteiger partial charge in [-0.15, -0.1) is 0 Å². The van der Waals surface area contributed by atoms with Crippen LogP contribution in [-0.4, -0.2) is 52.8 Å². The first kappa shape index (κ1) is 20.6. The summed E-state index contributed by atoms with van der Waals surface area (Å²) in [5.74, 6) is -0.369. The van der Waals surface area contributed by atoms with Crippen molar-refractivity contribution in [1.82, 2.24) is 10.2 Å². The number of nitrogens with zero attached hydrogens (tertiary/aromatic N) is 1. The fraction of sp³-hybridized carbons (Fsp3) is 0.636. The summed E-state index contributed by atoms with van der Waals surface area (Å²) in [4.78, 5) is 27.3. The second-order valence-corrected chi connectivity index (χ2v) is 9.02. The number of amides is 2. The van der Waals surface area contributed by atoms with Crippen molar-refractivity contribution in [2.24, 2.45) is 5.92 Å². The van der Waals surface area contributed by atoms with E-state index in [0.29, 0.717) is 13.1 Å². The molecule has 2 N–H and O–H groups in total. The van der Waals surface area contributed by atoms with E-state index in [1.54, 1.807) is 4.90 Å². The number of carbonyl (C=O) groups is 2. The molecule has 2 fully saturated rings. The van der Waals surface area contributed by atoms with Gasteiger partial charge < -0.3 is 20.1 Å². The van der Waals surface area contributed by atoms with E-state index in [-0.39, 0.29) is 36.0 Å². The molecule has 1 saturated carbocycles. The SMILES string of the molecule is CC(C)(C)OC(=O)N1C[C@H](C(=O)NC2CCC(O)CC2)[C@@H](c2ccccc2)C1. The highest BCUT2D eigenvalue weighted by atomic mass is 16.6. The average molecular weight is 389 g/mol. The molecule has 2 atom stereocenters. The van der Waals surface area contributed by atoms with E-state index in [0.717, 1.165) is 31.2 Å². The minimum atomic E-state index is -0.567. The highest BCUT2D eigenvalue weighted by Gasteiger charge is 2.42. The number of aliphatic hydroxyl groups is 1. The molecule has 1 aromatic carbocycles. The summed E-state index contributed by atoms with van der Waals surface area (Å²) < 4.78 is 5.52. The molecule has 0 spiro atoms. The Morgan fingerprint density at radius 1 is 1.07 bits per heavy atom. The number of rotatable bonds is 3. The molecule has 2 aliphatic rings. The van der Waals surface area contributed by atoms with Gasteiger partial charge in [-0.05, 0) is 52.0 Å². The van der Waals surface area contributed by atoms with Crippen LogP contribution in [0.4, 0.5) is 4.79 Å². The fourth-order valence-corrected chi connectivity index (χ4v) is 4.11. The van der Waals surface area contributed by atoms with Gasteiger partial charge in [0.15, 0.2) is 0 Å². The molecule has 3 rings (SSSR count). The number of carbonyl (C=O) groups excluding carboxylic acids is 2. The monoisotopic (exact) mass is 388 g/mol. The molecular weight excluding hydrogens is 356 g/mol. The van der Waals surface area contributed by atoms with Crippen LogP contribution in [0, 0.1) is 5.92 Å². The molecule has 6 nitrogen and oxygen atoms in total. The lowest BCUT2D eigenvalue weighted by atomic mass is 9.87. The van der Waals surface area contributed by atoms with E-state index in [9.17, 15) is 14.7 Å². The summed E-state index contributed by atoms with van der Waals surface area (Å²) in [6.07, 6.45) is 2.42. The summed E-state index contributed by atoms with van der Waals surface area (Å²) in [6.45, 7) is 6.36. The average Bonchev–Trinajstić information content (AvgIpc) is 3.09. The highest BCUT2D eigenvalue weighted by Crippen LogP contribution is 2.34. The summed E-state index contributed by atoms with van der Waals surface area (Å²) in [7, 11) is 0. The van der Waals surface area contributed by atoms with Crippen LogP contribution in [0.3, 0.4) is 0 Å². The molecule has 1 heterocycles. The number of hydrogen-bond donors (Lipinski definition) is 2. The summed E-state index contributed by atoms with van der Waals surface area (Å²) in [6, 6.07) is 10.0. The topological polar surface area (TPSA) is 78.9 Å².